The maximum absolute atomic E-state index is 13.3. The zero-order chi connectivity index (χ0) is 25.7. The van der Waals surface area contributed by atoms with Crippen LogP contribution in [-0.4, -0.2) is 27.4 Å². The topological polar surface area (TPSA) is 143 Å². The molecule has 4 N–H and O–H groups in total. The van der Waals surface area contributed by atoms with Gasteiger partial charge in [0.15, 0.2) is 5.69 Å². The first-order valence-corrected chi connectivity index (χ1v) is 11.9. The number of nitrogens with one attached hydrogen (secondary N) is 2. The summed E-state index contributed by atoms with van der Waals surface area (Å²) in [5.74, 6) is -0.300. The van der Waals surface area contributed by atoms with Crippen LogP contribution in [0.2, 0.25) is 0 Å². The molecule has 4 rings (SSSR count). The largest absolute Gasteiger partial charge is 0.467 e. The minimum absolute atomic E-state index is 0.0598. The molecule has 0 atom stereocenters. The molecule has 0 bridgehead atoms. The summed E-state index contributed by atoms with van der Waals surface area (Å²) >= 11 is 0. The van der Waals surface area contributed by atoms with Gasteiger partial charge in [0.1, 0.15) is 11.6 Å². The van der Waals surface area contributed by atoms with Gasteiger partial charge in [-0.05, 0) is 55.2 Å². The van der Waals surface area contributed by atoms with Crippen molar-refractivity contribution in [3.63, 3.8) is 0 Å². The van der Waals surface area contributed by atoms with Gasteiger partial charge in [-0.25, -0.2) is 4.79 Å². The fourth-order valence-electron chi connectivity index (χ4n) is 3.70. The Morgan fingerprint density at radius 1 is 1.22 bits per heavy atom. The molecular formula is C26H29N5O5. The number of hydrogen-bond acceptors (Lipinski definition) is 6. The molecule has 0 radical (unpaired) electrons. The van der Waals surface area contributed by atoms with Crippen molar-refractivity contribution in [2.45, 2.75) is 51.7 Å². The standard InChI is InChI=1S/C26H29N5O5/c1-2-3-14-30-23(27)22(25(34)29-26(30)35)31(16-20-5-4-15-36-20)21(32)13-8-17-6-9-18(10-7-17)24(33)28-19-11-12-19/h4-10,13,15,19H,2-3,11-12,14,16,27H2,1H3,(H,28,33)(H,29,34,35)/b13-8+. The van der Waals surface area contributed by atoms with E-state index in [-0.39, 0.29) is 30.0 Å². The second-order valence-corrected chi connectivity index (χ2v) is 8.71. The number of carbonyl (C=O) groups is 2. The summed E-state index contributed by atoms with van der Waals surface area (Å²) in [6, 6.07) is 10.5. The van der Waals surface area contributed by atoms with Crippen molar-refractivity contribution in [3.8, 4) is 0 Å². The van der Waals surface area contributed by atoms with E-state index in [9.17, 15) is 19.2 Å². The average molecular weight is 492 g/mol. The van der Waals surface area contributed by atoms with E-state index in [4.69, 9.17) is 10.2 Å². The molecule has 0 saturated heterocycles. The van der Waals surface area contributed by atoms with Gasteiger partial charge in [-0.15, -0.1) is 0 Å². The Morgan fingerprint density at radius 3 is 2.61 bits per heavy atom. The fourth-order valence-corrected chi connectivity index (χ4v) is 3.70. The number of carbonyl (C=O) groups excluding carboxylic acids is 2. The molecule has 2 amide bonds. The third kappa shape index (κ3) is 5.83. The second-order valence-electron chi connectivity index (χ2n) is 8.71. The number of nitrogens with two attached hydrogens (primary N) is 1. The zero-order valence-electron chi connectivity index (χ0n) is 20.0. The maximum Gasteiger partial charge on any atom is 0.330 e. The number of amides is 2. The van der Waals surface area contributed by atoms with Gasteiger partial charge in [0.25, 0.3) is 17.4 Å². The molecular weight excluding hydrogens is 462 g/mol. The van der Waals surface area contributed by atoms with Crippen LogP contribution in [0, 0.1) is 0 Å². The highest BCUT2D eigenvalue weighted by molar-refractivity contribution is 6.05. The number of aromatic amines is 1. The van der Waals surface area contributed by atoms with Gasteiger partial charge in [-0.1, -0.05) is 25.5 Å². The minimum Gasteiger partial charge on any atom is -0.467 e. The van der Waals surface area contributed by atoms with E-state index < -0.39 is 17.2 Å². The van der Waals surface area contributed by atoms with Crippen molar-refractivity contribution in [2.75, 3.05) is 10.6 Å². The Bertz CT molecular complexity index is 1370. The molecule has 2 heterocycles. The molecule has 0 unspecified atom stereocenters. The molecule has 2 aromatic heterocycles. The summed E-state index contributed by atoms with van der Waals surface area (Å²) in [6.07, 6.45) is 7.86. The Labute approximate surface area is 207 Å². The number of nitrogen functional groups attached to an aromatic ring is 1. The van der Waals surface area contributed by atoms with Gasteiger partial charge < -0.3 is 15.5 Å². The number of anilines is 2. The van der Waals surface area contributed by atoms with Gasteiger partial charge in [0, 0.05) is 24.2 Å². The van der Waals surface area contributed by atoms with E-state index in [2.05, 4.69) is 10.3 Å². The number of H-pyrrole nitrogens is 1. The zero-order valence-corrected chi connectivity index (χ0v) is 20.0. The number of aromatic nitrogens is 2. The van der Waals surface area contributed by atoms with Crippen molar-refractivity contribution >= 4 is 29.4 Å². The van der Waals surface area contributed by atoms with Gasteiger partial charge in [0.2, 0.25) is 0 Å². The highest BCUT2D eigenvalue weighted by atomic mass is 16.3. The van der Waals surface area contributed by atoms with E-state index >= 15 is 0 Å². The summed E-state index contributed by atoms with van der Waals surface area (Å²) < 4.78 is 6.65. The van der Waals surface area contributed by atoms with Crippen LogP contribution in [0.5, 0.6) is 0 Å². The van der Waals surface area contributed by atoms with Gasteiger partial charge >= 0.3 is 5.69 Å². The summed E-state index contributed by atoms with van der Waals surface area (Å²) in [5, 5.41) is 2.93. The van der Waals surface area contributed by atoms with E-state index in [1.165, 1.54) is 21.8 Å². The Morgan fingerprint density at radius 2 is 1.97 bits per heavy atom. The van der Waals surface area contributed by atoms with Crippen LogP contribution >= 0.6 is 0 Å². The summed E-state index contributed by atoms with van der Waals surface area (Å²) in [6.45, 7) is 2.22. The van der Waals surface area contributed by atoms with Crippen molar-refractivity contribution in [2.24, 2.45) is 0 Å². The third-order valence-electron chi connectivity index (χ3n) is 5.88. The Kier molecular flexibility index (Phi) is 7.53. The van der Waals surface area contributed by atoms with Crippen LogP contribution in [0.4, 0.5) is 11.5 Å². The quantitative estimate of drug-likeness (QED) is 0.372. The first-order chi connectivity index (χ1) is 17.4. The molecule has 1 aliphatic rings. The summed E-state index contributed by atoms with van der Waals surface area (Å²) in [7, 11) is 0. The SMILES string of the molecule is CCCCn1c(N)c(N(Cc2ccco2)C(=O)/C=C/c2ccc(C(=O)NC3CC3)cc2)c(=O)[nH]c1=O. The molecule has 1 saturated carbocycles. The van der Waals surface area contributed by atoms with Crippen molar-refractivity contribution in [1.82, 2.24) is 14.9 Å². The predicted molar refractivity (Wildman–Crippen MR) is 137 cm³/mol. The fraction of sp³-hybridized carbons (Fsp3) is 0.308. The lowest BCUT2D eigenvalue weighted by Gasteiger charge is -2.22. The second kappa shape index (κ2) is 10.9. The number of nitrogens with zero attached hydrogens (tertiary/aromatic N) is 2. The number of furan rings is 1. The third-order valence-corrected chi connectivity index (χ3v) is 5.88. The van der Waals surface area contributed by atoms with E-state index in [0.717, 1.165) is 19.3 Å². The normalized spacial score (nSPS) is 13.1. The lowest BCUT2D eigenvalue weighted by Crippen LogP contribution is -2.40. The highest BCUT2D eigenvalue weighted by Crippen LogP contribution is 2.22. The molecule has 1 aromatic carbocycles. The van der Waals surface area contributed by atoms with Crippen molar-refractivity contribution < 1.29 is 14.0 Å². The molecule has 1 fully saturated rings. The Hall–Kier alpha value is -4.34. The lowest BCUT2D eigenvalue weighted by atomic mass is 10.1. The smallest absolute Gasteiger partial charge is 0.330 e. The van der Waals surface area contributed by atoms with Crippen LogP contribution in [0.1, 0.15) is 54.3 Å². The van der Waals surface area contributed by atoms with Crippen molar-refractivity contribution in [1.29, 1.82) is 0 Å². The van der Waals surface area contributed by atoms with Gasteiger partial charge in [0.05, 0.1) is 12.8 Å². The van der Waals surface area contributed by atoms with Crippen LogP contribution in [0.3, 0.4) is 0 Å². The van der Waals surface area contributed by atoms with Gasteiger partial charge in [-0.3, -0.25) is 28.8 Å². The molecule has 0 spiro atoms. The van der Waals surface area contributed by atoms with E-state index in [0.29, 0.717) is 29.9 Å². The predicted octanol–water partition coefficient (Wildman–Crippen LogP) is 2.65. The first-order valence-electron chi connectivity index (χ1n) is 11.9. The van der Waals surface area contributed by atoms with Crippen LogP contribution in [0.25, 0.3) is 6.08 Å². The average Bonchev–Trinajstić information content (AvgIpc) is 3.52. The number of unbranched alkanes of at least 4 members (excludes halogenated alkanes) is 1. The van der Waals surface area contributed by atoms with E-state index in [1.54, 1.807) is 42.5 Å². The first kappa shape index (κ1) is 24.8. The molecule has 1 aliphatic carbocycles. The molecule has 10 nitrogen and oxygen atoms in total. The number of rotatable bonds is 10. The molecule has 0 aliphatic heterocycles. The molecule has 10 heteroatoms. The van der Waals surface area contributed by atoms with Gasteiger partial charge in [-0.2, -0.15) is 0 Å². The number of benzene rings is 1. The lowest BCUT2D eigenvalue weighted by molar-refractivity contribution is -0.114. The van der Waals surface area contributed by atoms with Crippen molar-refractivity contribution in [3.05, 3.63) is 86.5 Å². The maximum atomic E-state index is 13.3. The molecule has 3 aromatic rings. The monoisotopic (exact) mass is 491 g/mol. The summed E-state index contributed by atoms with van der Waals surface area (Å²) in [5.41, 5.74) is 5.97. The van der Waals surface area contributed by atoms with Crippen LogP contribution < -0.4 is 27.2 Å². The number of hydrogen-bond donors (Lipinski definition) is 3. The molecule has 188 valence electrons. The molecule has 36 heavy (non-hydrogen) atoms. The highest BCUT2D eigenvalue weighted by Gasteiger charge is 2.25. The minimum atomic E-state index is -0.760. The summed E-state index contributed by atoms with van der Waals surface area (Å²) in [4.78, 5) is 54.1. The van der Waals surface area contributed by atoms with E-state index in [1.807, 2.05) is 6.92 Å². The van der Waals surface area contributed by atoms with Crippen LogP contribution in [0.15, 0.2) is 62.7 Å². The van der Waals surface area contributed by atoms with Crippen LogP contribution in [-0.2, 0) is 17.9 Å². The Balaban J connectivity index is 1.61.